The number of Topliss-reactive ketones (excluding diaryl/α,β-unsaturated/α-hetero) is 1. The van der Waals surface area contributed by atoms with Crippen LogP contribution in [0.2, 0.25) is 0 Å². The van der Waals surface area contributed by atoms with Crippen molar-refractivity contribution in [1.29, 1.82) is 0 Å². The Morgan fingerprint density at radius 3 is 2.50 bits per heavy atom. The van der Waals surface area contributed by atoms with Crippen molar-refractivity contribution in [2.24, 2.45) is 0 Å². The van der Waals surface area contributed by atoms with Crippen molar-refractivity contribution >= 4 is 5.78 Å². The number of nitrogens with zero attached hydrogens (tertiary/aromatic N) is 1. The van der Waals surface area contributed by atoms with Gasteiger partial charge in [0, 0.05) is 12.5 Å². The summed E-state index contributed by atoms with van der Waals surface area (Å²) in [4.78, 5) is 11.1. The maximum Gasteiger partial charge on any atom is 0.177 e. The van der Waals surface area contributed by atoms with Crippen molar-refractivity contribution in [3.05, 3.63) is 41.6 Å². The second kappa shape index (κ2) is 4.31. The fourth-order valence-corrected chi connectivity index (χ4v) is 1.56. The molecule has 0 radical (unpaired) electrons. The summed E-state index contributed by atoms with van der Waals surface area (Å²) in [5.74, 6) is 0.00364. The molecule has 0 saturated carbocycles. The van der Waals surface area contributed by atoms with E-state index in [1.807, 2.05) is 12.1 Å². The first kappa shape index (κ1) is 10.6. The molecule has 82 valence electrons. The first-order valence-corrected chi connectivity index (χ1v) is 5.36. The fourth-order valence-electron chi connectivity index (χ4n) is 1.56. The number of benzene rings is 1. The number of ketones is 1. The van der Waals surface area contributed by atoms with Gasteiger partial charge in [0.05, 0.1) is 5.69 Å². The molecule has 3 heteroatoms. The molecule has 0 spiro atoms. The Labute approximate surface area is 94.5 Å². The molecule has 16 heavy (non-hydrogen) atoms. The van der Waals surface area contributed by atoms with Crippen molar-refractivity contribution in [2.45, 2.75) is 20.3 Å². The normalized spacial score (nSPS) is 10.4. The van der Waals surface area contributed by atoms with Gasteiger partial charge in [-0.15, -0.1) is 0 Å². The molecule has 1 aromatic heterocycles. The third-order valence-corrected chi connectivity index (χ3v) is 2.62. The minimum atomic E-state index is 0.00364. The molecule has 1 heterocycles. The second-order valence-corrected chi connectivity index (χ2v) is 3.77. The van der Waals surface area contributed by atoms with Crippen LogP contribution in [0.1, 0.15) is 29.9 Å². The Kier molecular flexibility index (Phi) is 2.86. The summed E-state index contributed by atoms with van der Waals surface area (Å²) in [6, 6.07) is 10.00. The highest BCUT2D eigenvalue weighted by atomic mass is 16.1. The molecule has 1 aromatic carbocycles. The molecule has 0 aliphatic heterocycles. The van der Waals surface area contributed by atoms with Crippen LogP contribution in [-0.2, 0) is 6.42 Å². The maximum atomic E-state index is 11.1. The van der Waals surface area contributed by atoms with E-state index in [1.54, 1.807) is 6.07 Å². The smallest absolute Gasteiger partial charge is 0.177 e. The van der Waals surface area contributed by atoms with Crippen LogP contribution in [0.25, 0.3) is 11.3 Å². The van der Waals surface area contributed by atoms with E-state index in [0.717, 1.165) is 17.7 Å². The third kappa shape index (κ3) is 2.03. The standard InChI is InChI=1S/C13H14N2O/c1-3-10-4-6-11(7-5-10)13-8-12(9(2)16)14-15-13/h4-8H,3H2,1-2H3,(H,14,15). The molecule has 0 fully saturated rings. The first-order chi connectivity index (χ1) is 7.70. The number of rotatable bonds is 3. The van der Waals surface area contributed by atoms with Gasteiger partial charge in [0.15, 0.2) is 5.78 Å². The van der Waals surface area contributed by atoms with Crippen molar-refractivity contribution < 1.29 is 4.79 Å². The topological polar surface area (TPSA) is 45.8 Å². The molecule has 3 nitrogen and oxygen atoms in total. The van der Waals surface area contributed by atoms with E-state index in [2.05, 4.69) is 29.3 Å². The van der Waals surface area contributed by atoms with Crippen LogP contribution < -0.4 is 0 Å². The van der Waals surface area contributed by atoms with Gasteiger partial charge in [-0.1, -0.05) is 31.2 Å². The molecule has 1 N–H and O–H groups in total. The summed E-state index contributed by atoms with van der Waals surface area (Å²) in [6.07, 6.45) is 1.03. The van der Waals surface area contributed by atoms with Crippen molar-refractivity contribution in [3.8, 4) is 11.3 Å². The van der Waals surface area contributed by atoms with Crippen LogP contribution >= 0.6 is 0 Å². The number of carbonyl (C=O) groups is 1. The molecular formula is C13H14N2O. The number of aromatic nitrogens is 2. The lowest BCUT2D eigenvalue weighted by atomic mass is 10.1. The van der Waals surface area contributed by atoms with Crippen LogP contribution in [0, 0.1) is 0 Å². The lowest BCUT2D eigenvalue weighted by molar-refractivity contribution is 0.101. The molecule has 0 unspecified atom stereocenters. The fraction of sp³-hybridized carbons (Fsp3) is 0.231. The van der Waals surface area contributed by atoms with Gasteiger partial charge in [0.1, 0.15) is 5.69 Å². The Balaban J connectivity index is 2.31. The van der Waals surface area contributed by atoms with E-state index in [0.29, 0.717) is 5.69 Å². The zero-order valence-corrected chi connectivity index (χ0v) is 9.45. The highest BCUT2D eigenvalue weighted by molar-refractivity contribution is 5.93. The van der Waals surface area contributed by atoms with Gasteiger partial charge >= 0.3 is 0 Å². The Morgan fingerprint density at radius 2 is 2.00 bits per heavy atom. The summed E-state index contributed by atoms with van der Waals surface area (Å²) in [7, 11) is 0. The first-order valence-electron chi connectivity index (χ1n) is 5.36. The van der Waals surface area contributed by atoms with Crippen molar-refractivity contribution in [3.63, 3.8) is 0 Å². The molecule has 0 aliphatic carbocycles. The van der Waals surface area contributed by atoms with Gasteiger partial charge in [-0.25, -0.2) is 0 Å². The average Bonchev–Trinajstić information content (AvgIpc) is 2.78. The van der Waals surface area contributed by atoms with E-state index in [1.165, 1.54) is 12.5 Å². The Morgan fingerprint density at radius 1 is 1.31 bits per heavy atom. The van der Waals surface area contributed by atoms with Gasteiger partial charge in [0.2, 0.25) is 0 Å². The summed E-state index contributed by atoms with van der Waals surface area (Å²) in [6.45, 7) is 3.65. The molecule has 0 amide bonds. The number of aryl methyl sites for hydroxylation is 1. The SMILES string of the molecule is CCc1ccc(-c2cc(C(C)=O)[nH]n2)cc1. The second-order valence-electron chi connectivity index (χ2n) is 3.77. The summed E-state index contributed by atoms with van der Waals surface area (Å²) < 4.78 is 0. The minimum absolute atomic E-state index is 0.00364. The van der Waals surface area contributed by atoms with Gasteiger partial charge in [0.25, 0.3) is 0 Å². The summed E-state index contributed by atoms with van der Waals surface area (Å²) in [5.41, 5.74) is 3.69. The van der Waals surface area contributed by atoms with Crippen LogP contribution in [-0.4, -0.2) is 16.0 Å². The Hall–Kier alpha value is -1.90. The predicted octanol–water partition coefficient (Wildman–Crippen LogP) is 2.84. The zero-order valence-electron chi connectivity index (χ0n) is 9.45. The van der Waals surface area contributed by atoms with Crippen molar-refractivity contribution in [2.75, 3.05) is 0 Å². The quantitative estimate of drug-likeness (QED) is 0.798. The molecule has 0 saturated heterocycles. The molecule has 0 aliphatic rings. The molecule has 2 rings (SSSR count). The monoisotopic (exact) mass is 214 g/mol. The van der Waals surface area contributed by atoms with E-state index in [-0.39, 0.29) is 5.78 Å². The van der Waals surface area contributed by atoms with Crippen LogP contribution in [0.3, 0.4) is 0 Å². The largest absolute Gasteiger partial charge is 0.293 e. The predicted molar refractivity (Wildman–Crippen MR) is 63.4 cm³/mol. The van der Waals surface area contributed by atoms with Crippen LogP contribution in [0.5, 0.6) is 0 Å². The highest BCUT2D eigenvalue weighted by Gasteiger charge is 2.06. The lowest BCUT2D eigenvalue weighted by Gasteiger charge is -1.98. The summed E-state index contributed by atoms with van der Waals surface area (Å²) in [5, 5.41) is 6.85. The highest BCUT2D eigenvalue weighted by Crippen LogP contribution is 2.18. The molecular weight excluding hydrogens is 200 g/mol. The van der Waals surface area contributed by atoms with Crippen molar-refractivity contribution in [1.82, 2.24) is 10.2 Å². The molecule has 0 bridgehead atoms. The molecule has 2 aromatic rings. The number of hydrogen-bond acceptors (Lipinski definition) is 2. The number of aromatic amines is 1. The van der Waals surface area contributed by atoms with Crippen LogP contribution in [0.4, 0.5) is 0 Å². The summed E-state index contributed by atoms with van der Waals surface area (Å²) >= 11 is 0. The van der Waals surface area contributed by atoms with E-state index >= 15 is 0 Å². The average molecular weight is 214 g/mol. The van der Waals surface area contributed by atoms with E-state index in [9.17, 15) is 4.79 Å². The number of carbonyl (C=O) groups excluding carboxylic acids is 1. The molecule has 0 atom stereocenters. The van der Waals surface area contributed by atoms with E-state index < -0.39 is 0 Å². The zero-order chi connectivity index (χ0) is 11.5. The van der Waals surface area contributed by atoms with Gasteiger partial charge in [-0.3, -0.25) is 9.89 Å². The maximum absolute atomic E-state index is 11.1. The van der Waals surface area contributed by atoms with Gasteiger partial charge in [-0.2, -0.15) is 5.10 Å². The van der Waals surface area contributed by atoms with Gasteiger partial charge in [-0.05, 0) is 18.1 Å². The van der Waals surface area contributed by atoms with Gasteiger partial charge < -0.3 is 0 Å². The Bertz CT molecular complexity index is 497. The van der Waals surface area contributed by atoms with Crippen LogP contribution in [0.15, 0.2) is 30.3 Å². The number of hydrogen-bond donors (Lipinski definition) is 1. The number of H-pyrrole nitrogens is 1. The number of nitrogens with one attached hydrogen (secondary N) is 1. The van der Waals surface area contributed by atoms with E-state index in [4.69, 9.17) is 0 Å². The minimum Gasteiger partial charge on any atom is -0.293 e. The lowest BCUT2D eigenvalue weighted by Crippen LogP contribution is -1.90. The third-order valence-electron chi connectivity index (χ3n) is 2.62.